The zero-order valence-electron chi connectivity index (χ0n) is 10.1. The van der Waals surface area contributed by atoms with Gasteiger partial charge in [0.25, 0.3) is 0 Å². The standard InChI is InChI=1S/C12H21NO3/c1-3-12(11(14)15)5-4-6-13(12)9-7-10(8-9)16-2/h9-10H,3-8H2,1-2H3,(H,14,15). The summed E-state index contributed by atoms with van der Waals surface area (Å²) in [5.41, 5.74) is -0.594. The van der Waals surface area contributed by atoms with Crippen LogP contribution in [0, 0.1) is 0 Å². The summed E-state index contributed by atoms with van der Waals surface area (Å²) in [6.45, 7) is 2.92. The molecule has 1 N–H and O–H groups in total. The van der Waals surface area contributed by atoms with Gasteiger partial charge in [0.05, 0.1) is 6.10 Å². The Kier molecular flexibility index (Phi) is 3.22. The van der Waals surface area contributed by atoms with Crippen molar-refractivity contribution in [1.82, 2.24) is 4.90 Å². The third kappa shape index (κ3) is 1.64. The minimum atomic E-state index is -0.645. The number of rotatable bonds is 4. The Hall–Kier alpha value is -0.610. The second kappa shape index (κ2) is 4.34. The Morgan fingerprint density at radius 2 is 2.25 bits per heavy atom. The van der Waals surface area contributed by atoms with Crippen LogP contribution in [0.4, 0.5) is 0 Å². The van der Waals surface area contributed by atoms with Crippen molar-refractivity contribution in [2.24, 2.45) is 0 Å². The molecule has 4 nitrogen and oxygen atoms in total. The van der Waals surface area contributed by atoms with Crippen LogP contribution in [-0.2, 0) is 9.53 Å². The predicted molar refractivity (Wildman–Crippen MR) is 60.4 cm³/mol. The average Bonchev–Trinajstić information content (AvgIpc) is 2.61. The topological polar surface area (TPSA) is 49.8 Å². The number of carbonyl (C=O) groups is 1. The predicted octanol–water partition coefficient (Wildman–Crippen LogP) is 1.49. The van der Waals surface area contributed by atoms with Gasteiger partial charge in [-0.2, -0.15) is 0 Å². The van der Waals surface area contributed by atoms with Crippen molar-refractivity contribution in [1.29, 1.82) is 0 Å². The van der Waals surface area contributed by atoms with Crippen LogP contribution in [0.2, 0.25) is 0 Å². The summed E-state index contributed by atoms with van der Waals surface area (Å²) < 4.78 is 5.26. The summed E-state index contributed by atoms with van der Waals surface area (Å²) in [5, 5.41) is 9.45. The van der Waals surface area contributed by atoms with E-state index in [2.05, 4.69) is 4.90 Å². The van der Waals surface area contributed by atoms with Gasteiger partial charge in [-0.3, -0.25) is 9.69 Å². The highest BCUT2D eigenvalue weighted by atomic mass is 16.5. The molecule has 1 atom stereocenters. The van der Waals surface area contributed by atoms with Crippen LogP contribution in [-0.4, -0.2) is 47.3 Å². The van der Waals surface area contributed by atoms with Crippen molar-refractivity contribution in [3.63, 3.8) is 0 Å². The number of methoxy groups -OCH3 is 1. The van der Waals surface area contributed by atoms with Crippen LogP contribution >= 0.6 is 0 Å². The Labute approximate surface area is 96.6 Å². The van der Waals surface area contributed by atoms with E-state index in [1.165, 1.54) is 0 Å². The van der Waals surface area contributed by atoms with E-state index in [0.29, 0.717) is 18.6 Å². The van der Waals surface area contributed by atoms with Gasteiger partial charge in [0.2, 0.25) is 0 Å². The van der Waals surface area contributed by atoms with Gasteiger partial charge < -0.3 is 9.84 Å². The molecule has 16 heavy (non-hydrogen) atoms. The number of hydrogen-bond acceptors (Lipinski definition) is 3. The fraction of sp³-hybridized carbons (Fsp3) is 0.917. The summed E-state index contributed by atoms with van der Waals surface area (Å²) >= 11 is 0. The van der Waals surface area contributed by atoms with Gasteiger partial charge in [-0.25, -0.2) is 0 Å². The molecule has 0 radical (unpaired) electrons. The lowest BCUT2D eigenvalue weighted by molar-refractivity contribution is -0.155. The van der Waals surface area contributed by atoms with Crippen LogP contribution in [0.25, 0.3) is 0 Å². The van der Waals surface area contributed by atoms with E-state index in [9.17, 15) is 9.90 Å². The van der Waals surface area contributed by atoms with Crippen molar-refractivity contribution in [2.45, 2.75) is 56.7 Å². The molecule has 2 rings (SSSR count). The first kappa shape index (κ1) is 11.9. The molecule has 0 spiro atoms. The van der Waals surface area contributed by atoms with E-state index in [1.54, 1.807) is 7.11 Å². The Morgan fingerprint density at radius 3 is 2.75 bits per heavy atom. The van der Waals surface area contributed by atoms with Crippen LogP contribution < -0.4 is 0 Å². The smallest absolute Gasteiger partial charge is 0.324 e. The first-order valence-electron chi connectivity index (χ1n) is 6.17. The zero-order valence-corrected chi connectivity index (χ0v) is 10.1. The highest BCUT2D eigenvalue weighted by molar-refractivity contribution is 5.79. The zero-order chi connectivity index (χ0) is 11.8. The normalized spacial score (nSPS) is 39.6. The summed E-state index contributed by atoms with van der Waals surface area (Å²) in [7, 11) is 1.73. The van der Waals surface area contributed by atoms with E-state index in [-0.39, 0.29) is 0 Å². The summed E-state index contributed by atoms with van der Waals surface area (Å²) in [6.07, 6.45) is 4.84. The Bertz CT molecular complexity index is 275. The molecule has 1 aliphatic heterocycles. The van der Waals surface area contributed by atoms with Gasteiger partial charge in [-0.15, -0.1) is 0 Å². The lowest BCUT2D eigenvalue weighted by atomic mass is 9.83. The largest absolute Gasteiger partial charge is 0.480 e. The number of hydrogen-bond donors (Lipinski definition) is 1. The summed E-state index contributed by atoms with van der Waals surface area (Å²) in [4.78, 5) is 13.7. The van der Waals surface area contributed by atoms with Gasteiger partial charge in [0, 0.05) is 13.2 Å². The highest BCUT2D eigenvalue weighted by Crippen LogP contribution is 2.40. The van der Waals surface area contributed by atoms with Crippen molar-refractivity contribution in [2.75, 3.05) is 13.7 Å². The molecule has 2 fully saturated rings. The first-order valence-corrected chi connectivity index (χ1v) is 6.17. The number of likely N-dealkylation sites (tertiary alicyclic amines) is 1. The maximum absolute atomic E-state index is 11.5. The Balaban J connectivity index is 2.06. The van der Waals surface area contributed by atoms with Gasteiger partial charge in [0.1, 0.15) is 5.54 Å². The first-order chi connectivity index (χ1) is 7.64. The van der Waals surface area contributed by atoms with Crippen LogP contribution in [0.15, 0.2) is 0 Å². The molecule has 0 amide bonds. The maximum atomic E-state index is 11.5. The van der Waals surface area contributed by atoms with Gasteiger partial charge >= 0.3 is 5.97 Å². The molecule has 0 aromatic carbocycles. The molecule has 0 bridgehead atoms. The van der Waals surface area contributed by atoms with Crippen LogP contribution in [0.3, 0.4) is 0 Å². The van der Waals surface area contributed by atoms with Crippen molar-refractivity contribution >= 4 is 5.97 Å². The van der Waals surface area contributed by atoms with Crippen molar-refractivity contribution < 1.29 is 14.6 Å². The average molecular weight is 227 g/mol. The fourth-order valence-corrected chi connectivity index (χ4v) is 3.18. The monoisotopic (exact) mass is 227 g/mol. The summed E-state index contributed by atoms with van der Waals surface area (Å²) in [6, 6.07) is 0.420. The van der Waals surface area contributed by atoms with Gasteiger partial charge in [0.15, 0.2) is 0 Å². The van der Waals surface area contributed by atoms with E-state index >= 15 is 0 Å². The molecule has 1 saturated carbocycles. The molecule has 1 unspecified atom stereocenters. The number of carboxylic acid groups (broad SMARTS) is 1. The molecule has 92 valence electrons. The van der Waals surface area contributed by atoms with E-state index in [0.717, 1.165) is 32.2 Å². The van der Waals surface area contributed by atoms with Crippen LogP contribution in [0.5, 0.6) is 0 Å². The number of carboxylic acids is 1. The lowest BCUT2D eigenvalue weighted by Gasteiger charge is -2.46. The second-order valence-electron chi connectivity index (χ2n) is 4.97. The van der Waals surface area contributed by atoms with Gasteiger partial charge in [-0.05, 0) is 38.6 Å². The highest BCUT2D eigenvalue weighted by Gasteiger charge is 2.51. The molecule has 2 aliphatic rings. The molecule has 0 aromatic rings. The third-order valence-electron chi connectivity index (χ3n) is 4.37. The number of nitrogens with zero attached hydrogens (tertiary/aromatic N) is 1. The van der Waals surface area contributed by atoms with Gasteiger partial charge in [-0.1, -0.05) is 6.92 Å². The minimum Gasteiger partial charge on any atom is -0.480 e. The van der Waals surface area contributed by atoms with E-state index in [1.807, 2.05) is 6.92 Å². The molecule has 1 heterocycles. The quantitative estimate of drug-likeness (QED) is 0.790. The number of ether oxygens (including phenoxy) is 1. The molecule has 4 heteroatoms. The molecule has 0 aromatic heterocycles. The van der Waals surface area contributed by atoms with E-state index < -0.39 is 11.5 Å². The molecule has 1 aliphatic carbocycles. The SMILES string of the molecule is CCC1(C(=O)O)CCCN1C1CC(OC)C1. The third-order valence-corrected chi connectivity index (χ3v) is 4.37. The molecule has 1 saturated heterocycles. The Morgan fingerprint density at radius 1 is 1.56 bits per heavy atom. The molecular formula is C12H21NO3. The summed E-state index contributed by atoms with van der Waals surface area (Å²) in [5.74, 6) is -0.645. The lowest BCUT2D eigenvalue weighted by Crippen LogP contribution is -2.59. The maximum Gasteiger partial charge on any atom is 0.324 e. The fourth-order valence-electron chi connectivity index (χ4n) is 3.18. The van der Waals surface area contributed by atoms with Crippen molar-refractivity contribution in [3.8, 4) is 0 Å². The van der Waals surface area contributed by atoms with Crippen LogP contribution in [0.1, 0.15) is 39.0 Å². The second-order valence-corrected chi connectivity index (χ2v) is 4.97. The van der Waals surface area contributed by atoms with Crippen molar-refractivity contribution in [3.05, 3.63) is 0 Å². The molecular weight excluding hydrogens is 206 g/mol. The minimum absolute atomic E-state index is 0.342. The van der Waals surface area contributed by atoms with E-state index in [4.69, 9.17) is 4.74 Å². The number of aliphatic carboxylic acids is 1.